The standard InChI is InChI=1S/C11H12BrNO3S2/c1-8-3-6-11(17-8)18(14,15)13(2)7-9-4-5-10(12)16-9/h3-6H,7H2,1-2H3. The van der Waals surface area contributed by atoms with Crippen LogP contribution in [0.25, 0.3) is 0 Å². The number of aryl methyl sites for hydroxylation is 1. The molecule has 2 aromatic heterocycles. The van der Waals surface area contributed by atoms with Gasteiger partial charge >= 0.3 is 0 Å². The fraction of sp³-hybridized carbons (Fsp3) is 0.273. The van der Waals surface area contributed by atoms with Gasteiger partial charge in [-0.2, -0.15) is 4.31 Å². The number of sulfonamides is 1. The van der Waals surface area contributed by atoms with Crippen LogP contribution in [0.1, 0.15) is 10.6 Å². The number of hydrogen-bond donors (Lipinski definition) is 0. The van der Waals surface area contributed by atoms with Crippen molar-refractivity contribution in [3.05, 3.63) is 39.6 Å². The third kappa shape index (κ3) is 2.85. The minimum absolute atomic E-state index is 0.213. The summed E-state index contributed by atoms with van der Waals surface area (Å²) < 4.78 is 32.0. The summed E-state index contributed by atoms with van der Waals surface area (Å²) >= 11 is 4.46. The normalized spacial score (nSPS) is 12.2. The Bertz CT molecular complexity index is 645. The minimum atomic E-state index is -3.43. The van der Waals surface area contributed by atoms with Crippen LogP contribution in [-0.4, -0.2) is 19.8 Å². The molecule has 0 aliphatic rings. The van der Waals surface area contributed by atoms with Crippen molar-refractivity contribution >= 4 is 37.3 Å². The predicted molar refractivity (Wildman–Crippen MR) is 74.1 cm³/mol. The molecular formula is C11H12BrNO3S2. The molecule has 0 bridgehead atoms. The van der Waals surface area contributed by atoms with E-state index >= 15 is 0 Å². The first-order chi connectivity index (χ1) is 8.39. The molecule has 0 radical (unpaired) electrons. The van der Waals surface area contributed by atoms with E-state index in [1.807, 2.05) is 6.92 Å². The highest BCUT2D eigenvalue weighted by atomic mass is 79.9. The molecule has 0 unspecified atom stereocenters. The SMILES string of the molecule is Cc1ccc(S(=O)(=O)N(C)Cc2ccc(Br)o2)s1. The summed E-state index contributed by atoms with van der Waals surface area (Å²) in [6.45, 7) is 2.10. The molecule has 2 rings (SSSR count). The van der Waals surface area contributed by atoms with Crippen molar-refractivity contribution in [3.63, 3.8) is 0 Å². The number of nitrogens with zero attached hydrogens (tertiary/aromatic N) is 1. The first-order valence-electron chi connectivity index (χ1n) is 5.16. The van der Waals surface area contributed by atoms with Crippen LogP contribution in [0.5, 0.6) is 0 Å². The number of thiophene rings is 1. The highest BCUT2D eigenvalue weighted by molar-refractivity contribution is 9.10. The molecular weight excluding hydrogens is 338 g/mol. The van der Waals surface area contributed by atoms with Crippen LogP contribution in [-0.2, 0) is 16.6 Å². The first kappa shape index (κ1) is 13.8. The fourth-order valence-corrected chi connectivity index (χ4v) is 4.42. The van der Waals surface area contributed by atoms with Gasteiger partial charge in [0.05, 0.1) is 6.54 Å². The summed E-state index contributed by atoms with van der Waals surface area (Å²) in [6, 6.07) is 6.92. The first-order valence-corrected chi connectivity index (χ1v) is 8.21. The highest BCUT2D eigenvalue weighted by Gasteiger charge is 2.23. The molecule has 0 N–H and O–H groups in total. The van der Waals surface area contributed by atoms with E-state index in [1.54, 1.807) is 31.3 Å². The largest absolute Gasteiger partial charge is 0.453 e. The van der Waals surface area contributed by atoms with Gasteiger partial charge in [0.1, 0.15) is 9.97 Å². The number of rotatable bonds is 4. The highest BCUT2D eigenvalue weighted by Crippen LogP contribution is 2.25. The quantitative estimate of drug-likeness (QED) is 0.851. The Hall–Kier alpha value is -0.630. The average molecular weight is 350 g/mol. The second-order valence-electron chi connectivity index (χ2n) is 3.83. The van der Waals surface area contributed by atoms with Gasteiger partial charge in [-0.05, 0) is 47.1 Å². The van der Waals surface area contributed by atoms with Gasteiger partial charge < -0.3 is 4.42 Å². The van der Waals surface area contributed by atoms with Crippen molar-refractivity contribution in [2.75, 3.05) is 7.05 Å². The second-order valence-corrected chi connectivity index (χ2v) is 8.17. The van der Waals surface area contributed by atoms with E-state index in [2.05, 4.69) is 15.9 Å². The molecule has 0 spiro atoms. The summed E-state index contributed by atoms with van der Waals surface area (Å²) in [5.41, 5.74) is 0. The lowest BCUT2D eigenvalue weighted by atomic mass is 10.4. The lowest BCUT2D eigenvalue weighted by molar-refractivity contribution is 0.399. The van der Waals surface area contributed by atoms with Crippen LogP contribution in [0.4, 0.5) is 0 Å². The molecule has 18 heavy (non-hydrogen) atoms. The van der Waals surface area contributed by atoms with E-state index in [4.69, 9.17) is 4.42 Å². The Morgan fingerprint density at radius 3 is 2.56 bits per heavy atom. The lowest BCUT2D eigenvalue weighted by Crippen LogP contribution is -2.25. The summed E-state index contributed by atoms with van der Waals surface area (Å²) in [5.74, 6) is 0.598. The topological polar surface area (TPSA) is 50.5 Å². The Kier molecular flexibility index (Phi) is 3.96. The molecule has 0 saturated carbocycles. The summed E-state index contributed by atoms with van der Waals surface area (Å²) in [6.07, 6.45) is 0. The van der Waals surface area contributed by atoms with Gasteiger partial charge in [-0.3, -0.25) is 0 Å². The van der Waals surface area contributed by atoms with Gasteiger partial charge in [-0.25, -0.2) is 8.42 Å². The van der Waals surface area contributed by atoms with Crippen LogP contribution in [0, 0.1) is 6.92 Å². The van der Waals surface area contributed by atoms with Crippen molar-refractivity contribution in [2.24, 2.45) is 0 Å². The molecule has 2 aromatic rings. The molecule has 0 saturated heterocycles. The zero-order chi connectivity index (χ0) is 13.3. The van der Waals surface area contributed by atoms with Crippen molar-refractivity contribution in [1.82, 2.24) is 4.31 Å². The number of halogens is 1. The van der Waals surface area contributed by atoms with Gasteiger partial charge in [0.2, 0.25) is 0 Å². The molecule has 0 amide bonds. The van der Waals surface area contributed by atoms with Gasteiger partial charge in [0.25, 0.3) is 10.0 Å². The van der Waals surface area contributed by atoms with E-state index in [0.717, 1.165) is 4.88 Å². The zero-order valence-corrected chi connectivity index (χ0v) is 13.1. The molecule has 7 heteroatoms. The molecule has 0 aliphatic heterocycles. The molecule has 98 valence electrons. The lowest BCUT2D eigenvalue weighted by Gasteiger charge is -2.14. The molecule has 4 nitrogen and oxygen atoms in total. The third-order valence-corrected chi connectivity index (χ3v) is 6.09. The van der Waals surface area contributed by atoms with Crippen LogP contribution >= 0.6 is 27.3 Å². The van der Waals surface area contributed by atoms with Crippen LogP contribution in [0.15, 0.2) is 37.6 Å². The van der Waals surface area contributed by atoms with Crippen molar-refractivity contribution < 1.29 is 12.8 Å². The number of furan rings is 1. The maximum absolute atomic E-state index is 12.2. The number of hydrogen-bond acceptors (Lipinski definition) is 4. The summed E-state index contributed by atoms with van der Waals surface area (Å²) in [7, 11) is -1.89. The Morgan fingerprint density at radius 1 is 1.33 bits per heavy atom. The van der Waals surface area contributed by atoms with Crippen molar-refractivity contribution in [2.45, 2.75) is 17.7 Å². The van der Waals surface area contributed by atoms with Crippen molar-refractivity contribution in [3.8, 4) is 0 Å². The van der Waals surface area contributed by atoms with Gasteiger partial charge in [-0.15, -0.1) is 11.3 Å². The summed E-state index contributed by atoms with van der Waals surface area (Å²) in [5, 5.41) is 0. The van der Waals surface area contributed by atoms with Gasteiger partial charge in [0, 0.05) is 11.9 Å². The molecule has 0 fully saturated rings. The summed E-state index contributed by atoms with van der Waals surface area (Å²) in [4.78, 5) is 0.975. The van der Waals surface area contributed by atoms with Gasteiger partial charge in [0.15, 0.2) is 4.67 Å². The van der Waals surface area contributed by atoms with E-state index in [-0.39, 0.29) is 6.54 Å². The molecule has 0 aliphatic carbocycles. The van der Waals surface area contributed by atoms with E-state index < -0.39 is 10.0 Å². The van der Waals surface area contributed by atoms with E-state index in [1.165, 1.54) is 15.6 Å². The average Bonchev–Trinajstić information content (AvgIpc) is 2.88. The fourth-order valence-electron chi connectivity index (χ4n) is 1.45. The maximum Gasteiger partial charge on any atom is 0.252 e. The molecule has 2 heterocycles. The third-order valence-electron chi connectivity index (χ3n) is 2.39. The van der Waals surface area contributed by atoms with Crippen molar-refractivity contribution in [1.29, 1.82) is 0 Å². The zero-order valence-electron chi connectivity index (χ0n) is 9.88. The Balaban J connectivity index is 2.20. The minimum Gasteiger partial charge on any atom is -0.453 e. The van der Waals surface area contributed by atoms with E-state index in [9.17, 15) is 8.42 Å². The van der Waals surface area contributed by atoms with Crippen LogP contribution in [0.3, 0.4) is 0 Å². The second kappa shape index (κ2) is 5.16. The Morgan fingerprint density at radius 2 is 2.06 bits per heavy atom. The Labute approximate surface area is 118 Å². The van der Waals surface area contributed by atoms with Crippen LogP contribution < -0.4 is 0 Å². The smallest absolute Gasteiger partial charge is 0.252 e. The van der Waals surface area contributed by atoms with Crippen LogP contribution in [0.2, 0.25) is 0 Å². The maximum atomic E-state index is 12.2. The monoisotopic (exact) mass is 349 g/mol. The van der Waals surface area contributed by atoms with Gasteiger partial charge in [-0.1, -0.05) is 0 Å². The molecule has 0 aromatic carbocycles. The van der Waals surface area contributed by atoms with E-state index in [0.29, 0.717) is 14.6 Å². The predicted octanol–water partition coefficient (Wildman–Crippen LogP) is 3.23. The molecule has 0 atom stereocenters.